The lowest BCUT2D eigenvalue weighted by molar-refractivity contribution is -0.125. The molecule has 4 nitrogen and oxygen atoms in total. The molecule has 0 aliphatic carbocycles. The van der Waals surface area contributed by atoms with Crippen molar-refractivity contribution in [2.24, 2.45) is 0 Å². The number of rotatable bonds is 3. The molecule has 0 spiro atoms. The fourth-order valence-corrected chi connectivity index (χ4v) is 2.35. The van der Waals surface area contributed by atoms with E-state index in [1.54, 1.807) is 11.3 Å². The first kappa shape index (κ1) is 10.3. The SMILES string of the molecule is C[C@@H](NC1CC(=O)NC1=O)c1cccs1. The van der Waals surface area contributed by atoms with E-state index >= 15 is 0 Å². The second kappa shape index (κ2) is 4.12. The topological polar surface area (TPSA) is 58.2 Å². The second-order valence-corrected chi connectivity index (χ2v) is 4.55. The van der Waals surface area contributed by atoms with Crippen molar-refractivity contribution in [3.8, 4) is 0 Å². The number of carbonyl (C=O) groups excluding carboxylic acids is 2. The zero-order valence-corrected chi connectivity index (χ0v) is 9.14. The third-order valence-electron chi connectivity index (χ3n) is 2.39. The number of amides is 2. The highest BCUT2D eigenvalue weighted by atomic mass is 32.1. The van der Waals surface area contributed by atoms with E-state index in [0.29, 0.717) is 0 Å². The average Bonchev–Trinajstić information content (AvgIpc) is 2.76. The summed E-state index contributed by atoms with van der Waals surface area (Å²) in [5.41, 5.74) is 0. The minimum absolute atomic E-state index is 0.103. The number of imide groups is 1. The van der Waals surface area contributed by atoms with E-state index in [1.165, 1.54) is 4.88 Å². The molecule has 1 fully saturated rings. The van der Waals surface area contributed by atoms with Crippen molar-refractivity contribution < 1.29 is 9.59 Å². The molecule has 1 aliphatic rings. The molecule has 2 atom stereocenters. The van der Waals surface area contributed by atoms with Gasteiger partial charge in [-0.05, 0) is 18.4 Å². The normalized spacial score (nSPS) is 22.9. The predicted octanol–water partition coefficient (Wildman–Crippen LogP) is 0.814. The third-order valence-corrected chi connectivity index (χ3v) is 3.44. The summed E-state index contributed by atoms with van der Waals surface area (Å²) in [5.74, 6) is -0.417. The molecule has 2 heterocycles. The van der Waals surface area contributed by atoms with E-state index in [4.69, 9.17) is 0 Å². The molecule has 0 aromatic carbocycles. The Kier molecular flexibility index (Phi) is 2.83. The zero-order chi connectivity index (χ0) is 10.8. The van der Waals surface area contributed by atoms with Gasteiger partial charge in [-0.3, -0.25) is 20.2 Å². The maximum Gasteiger partial charge on any atom is 0.244 e. The average molecular weight is 224 g/mol. The molecule has 1 saturated heterocycles. The number of hydrogen-bond donors (Lipinski definition) is 2. The van der Waals surface area contributed by atoms with Crippen molar-refractivity contribution in [3.63, 3.8) is 0 Å². The van der Waals surface area contributed by atoms with Crippen LogP contribution in [0.5, 0.6) is 0 Å². The van der Waals surface area contributed by atoms with Crippen LogP contribution in [-0.2, 0) is 9.59 Å². The minimum atomic E-state index is -0.380. The van der Waals surface area contributed by atoms with E-state index in [-0.39, 0.29) is 30.3 Å². The molecule has 15 heavy (non-hydrogen) atoms. The van der Waals surface area contributed by atoms with Gasteiger partial charge in [-0.25, -0.2) is 0 Å². The van der Waals surface area contributed by atoms with Gasteiger partial charge in [0.2, 0.25) is 11.8 Å². The van der Waals surface area contributed by atoms with E-state index in [0.717, 1.165) is 0 Å². The van der Waals surface area contributed by atoms with Crippen LogP contribution in [-0.4, -0.2) is 17.9 Å². The van der Waals surface area contributed by atoms with Gasteiger partial charge >= 0.3 is 0 Å². The quantitative estimate of drug-likeness (QED) is 0.747. The van der Waals surface area contributed by atoms with Gasteiger partial charge < -0.3 is 0 Å². The van der Waals surface area contributed by atoms with Crippen LogP contribution in [0.3, 0.4) is 0 Å². The van der Waals surface area contributed by atoms with Gasteiger partial charge in [-0.15, -0.1) is 11.3 Å². The van der Waals surface area contributed by atoms with Crippen LogP contribution in [0.25, 0.3) is 0 Å². The molecular weight excluding hydrogens is 212 g/mol. The number of hydrogen-bond acceptors (Lipinski definition) is 4. The van der Waals surface area contributed by atoms with Gasteiger partial charge in [0.25, 0.3) is 0 Å². The third kappa shape index (κ3) is 2.24. The molecule has 0 bridgehead atoms. The Hall–Kier alpha value is -1.20. The molecule has 80 valence electrons. The summed E-state index contributed by atoms with van der Waals surface area (Å²) in [6, 6.07) is 3.70. The first-order valence-electron chi connectivity index (χ1n) is 4.80. The van der Waals surface area contributed by atoms with E-state index in [2.05, 4.69) is 10.6 Å². The van der Waals surface area contributed by atoms with Crippen LogP contribution in [0, 0.1) is 0 Å². The molecule has 0 saturated carbocycles. The lowest BCUT2D eigenvalue weighted by Gasteiger charge is -2.15. The maximum absolute atomic E-state index is 11.3. The highest BCUT2D eigenvalue weighted by molar-refractivity contribution is 7.10. The Morgan fingerprint density at radius 2 is 2.40 bits per heavy atom. The van der Waals surface area contributed by atoms with Crippen LogP contribution in [0.15, 0.2) is 17.5 Å². The largest absolute Gasteiger partial charge is 0.298 e. The van der Waals surface area contributed by atoms with Crippen LogP contribution in [0.2, 0.25) is 0 Å². The van der Waals surface area contributed by atoms with Gasteiger partial charge in [-0.1, -0.05) is 6.07 Å². The molecule has 0 radical (unpaired) electrons. The molecule has 2 N–H and O–H groups in total. The van der Waals surface area contributed by atoms with Gasteiger partial charge in [0.15, 0.2) is 0 Å². The van der Waals surface area contributed by atoms with Gasteiger partial charge in [-0.2, -0.15) is 0 Å². The van der Waals surface area contributed by atoms with E-state index in [9.17, 15) is 9.59 Å². The summed E-state index contributed by atoms with van der Waals surface area (Å²) in [7, 11) is 0. The van der Waals surface area contributed by atoms with Crippen LogP contribution in [0.4, 0.5) is 0 Å². The molecule has 2 rings (SSSR count). The number of carbonyl (C=O) groups is 2. The lowest BCUT2D eigenvalue weighted by atomic mass is 10.2. The molecule has 2 amide bonds. The second-order valence-electron chi connectivity index (χ2n) is 3.57. The van der Waals surface area contributed by atoms with Gasteiger partial charge in [0, 0.05) is 10.9 Å². The number of nitrogens with one attached hydrogen (secondary N) is 2. The summed E-state index contributed by atoms with van der Waals surface area (Å²) >= 11 is 1.64. The van der Waals surface area contributed by atoms with Crippen LogP contribution < -0.4 is 10.6 Å². The predicted molar refractivity (Wildman–Crippen MR) is 57.4 cm³/mol. The van der Waals surface area contributed by atoms with Crippen molar-refractivity contribution in [1.29, 1.82) is 0 Å². The Bertz CT molecular complexity index is 375. The highest BCUT2D eigenvalue weighted by Gasteiger charge is 2.31. The van der Waals surface area contributed by atoms with Gasteiger partial charge in [0.1, 0.15) is 0 Å². The zero-order valence-electron chi connectivity index (χ0n) is 8.32. The van der Waals surface area contributed by atoms with Crippen molar-refractivity contribution >= 4 is 23.2 Å². The van der Waals surface area contributed by atoms with Crippen LogP contribution >= 0.6 is 11.3 Å². The van der Waals surface area contributed by atoms with Gasteiger partial charge in [0.05, 0.1) is 12.5 Å². The molecule has 1 aromatic heterocycles. The summed E-state index contributed by atoms with van der Waals surface area (Å²) < 4.78 is 0. The Morgan fingerprint density at radius 1 is 1.60 bits per heavy atom. The highest BCUT2D eigenvalue weighted by Crippen LogP contribution is 2.19. The standard InChI is InChI=1S/C10H12N2O2S/c1-6(8-3-2-4-15-8)11-7-5-9(13)12-10(7)14/h2-4,6-7,11H,5H2,1H3,(H,12,13,14)/t6-,7?/m1/s1. The summed E-state index contributed by atoms with van der Waals surface area (Å²) in [4.78, 5) is 23.4. The summed E-state index contributed by atoms with van der Waals surface area (Å²) in [6.07, 6.45) is 0.245. The molecular formula is C10H12N2O2S. The number of thiophene rings is 1. The molecule has 1 aromatic rings. The minimum Gasteiger partial charge on any atom is -0.298 e. The molecule has 1 unspecified atom stereocenters. The Labute approximate surface area is 91.7 Å². The fraction of sp³-hybridized carbons (Fsp3) is 0.400. The summed E-state index contributed by atoms with van der Waals surface area (Å²) in [6.45, 7) is 1.99. The van der Waals surface area contributed by atoms with Crippen molar-refractivity contribution in [1.82, 2.24) is 10.6 Å². The van der Waals surface area contributed by atoms with Crippen molar-refractivity contribution in [2.75, 3.05) is 0 Å². The first-order chi connectivity index (χ1) is 7.16. The van der Waals surface area contributed by atoms with E-state index < -0.39 is 0 Å². The fourth-order valence-electron chi connectivity index (χ4n) is 1.61. The monoisotopic (exact) mass is 224 g/mol. The molecule has 5 heteroatoms. The first-order valence-corrected chi connectivity index (χ1v) is 5.68. The summed E-state index contributed by atoms with van der Waals surface area (Å²) in [5, 5.41) is 7.41. The lowest BCUT2D eigenvalue weighted by Crippen LogP contribution is -2.37. The van der Waals surface area contributed by atoms with Crippen LogP contribution in [0.1, 0.15) is 24.3 Å². The maximum atomic E-state index is 11.3. The Balaban J connectivity index is 1.98. The molecule has 1 aliphatic heterocycles. The van der Waals surface area contributed by atoms with Crippen molar-refractivity contribution in [2.45, 2.75) is 25.4 Å². The smallest absolute Gasteiger partial charge is 0.244 e. The Morgan fingerprint density at radius 3 is 2.93 bits per heavy atom. The van der Waals surface area contributed by atoms with E-state index in [1.807, 2.05) is 24.4 Å². The van der Waals surface area contributed by atoms with Crippen molar-refractivity contribution in [3.05, 3.63) is 22.4 Å².